The van der Waals surface area contributed by atoms with E-state index >= 15 is 0 Å². The first-order chi connectivity index (χ1) is 13.8. The third-order valence-electron chi connectivity index (χ3n) is 5.42. The maximum Gasteiger partial charge on any atom is 0.152 e. The first kappa shape index (κ1) is 18.8. The number of aromatic nitrogens is 5. The molecule has 0 aliphatic carbocycles. The largest absolute Gasteiger partial charge is 0.375 e. The van der Waals surface area contributed by atoms with Gasteiger partial charge in [0.1, 0.15) is 5.82 Å². The van der Waals surface area contributed by atoms with E-state index in [1.54, 1.807) is 6.20 Å². The van der Waals surface area contributed by atoms with Crippen LogP contribution >= 0.6 is 0 Å². The topological polar surface area (TPSA) is 61.0 Å². The molecule has 1 saturated heterocycles. The van der Waals surface area contributed by atoms with Crippen LogP contribution < -0.4 is 0 Å². The van der Waals surface area contributed by atoms with E-state index in [4.69, 9.17) is 4.74 Å². The number of nitrogens with zero attached hydrogens (tertiary/aromatic N) is 6. The van der Waals surface area contributed by atoms with E-state index in [-0.39, 0.29) is 0 Å². The zero-order valence-corrected chi connectivity index (χ0v) is 16.4. The molecule has 0 saturated carbocycles. The quantitative estimate of drug-likeness (QED) is 0.562. The standard InChI is InChI=1S/C21H28N6O/c1-25-20(15-27-11-9-22-17-27)23-24-21(25)19-8-5-10-26(14-19)12-13-28-16-18-6-3-2-4-7-18/h2-4,6-7,9,11,17,19H,5,8,10,12-16H2,1H3/t19-/m1/s1. The van der Waals surface area contributed by atoms with Crippen molar-refractivity contribution in [3.8, 4) is 0 Å². The maximum absolute atomic E-state index is 5.87. The molecule has 2 aromatic heterocycles. The number of likely N-dealkylation sites (tertiary alicyclic amines) is 1. The molecule has 0 spiro atoms. The second-order valence-corrected chi connectivity index (χ2v) is 7.45. The van der Waals surface area contributed by atoms with E-state index in [2.05, 4.69) is 56.0 Å². The van der Waals surface area contributed by atoms with Crippen LogP contribution in [-0.2, 0) is 24.9 Å². The molecule has 1 aliphatic rings. The van der Waals surface area contributed by atoms with Crippen molar-refractivity contribution >= 4 is 0 Å². The smallest absolute Gasteiger partial charge is 0.152 e. The minimum absolute atomic E-state index is 0.428. The molecule has 7 nitrogen and oxygen atoms in total. The van der Waals surface area contributed by atoms with Gasteiger partial charge in [-0.25, -0.2) is 4.98 Å². The summed E-state index contributed by atoms with van der Waals surface area (Å²) in [5.41, 5.74) is 1.23. The van der Waals surface area contributed by atoms with Gasteiger partial charge in [-0.1, -0.05) is 30.3 Å². The molecular weight excluding hydrogens is 352 g/mol. The summed E-state index contributed by atoms with van der Waals surface area (Å²) >= 11 is 0. The van der Waals surface area contributed by atoms with E-state index < -0.39 is 0 Å². The Hall–Kier alpha value is -2.51. The third kappa shape index (κ3) is 4.66. The lowest BCUT2D eigenvalue weighted by Crippen LogP contribution is -2.37. The van der Waals surface area contributed by atoms with Crippen molar-refractivity contribution in [1.82, 2.24) is 29.2 Å². The number of hydrogen-bond acceptors (Lipinski definition) is 5. The van der Waals surface area contributed by atoms with Crippen LogP contribution in [0.2, 0.25) is 0 Å². The fourth-order valence-electron chi connectivity index (χ4n) is 3.84. The molecule has 3 aromatic rings. The van der Waals surface area contributed by atoms with E-state index in [0.29, 0.717) is 19.1 Å². The first-order valence-corrected chi connectivity index (χ1v) is 9.97. The lowest BCUT2D eigenvalue weighted by atomic mass is 9.97. The molecule has 148 valence electrons. The lowest BCUT2D eigenvalue weighted by Gasteiger charge is -2.32. The summed E-state index contributed by atoms with van der Waals surface area (Å²) in [5, 5.41) is 8.93. The van der Waals surface area contributed by atoms with Crippen molar-refractivity contribution in [1.29, 1.82) is 0 Å². The number of ether oxygens (including phenoxy) is 1. The Morgan fingerprint density at radius 1 is 1.18 bits per heavy atom. The number of piperidine rings is 1. The monoisotopic (exact) mass is 380 g/mol. The van der Waals surface area contributed by atoms with Crippen molar-refractivity contribution in [3.05, 3.63) is 66.3 Å². The van der Waals surface area contributed by atoms with Gasteiger partial charge >= 0.3 is 0 Å². The average molecular weight is 380 g/mol. The summed E-state index contributed by atoms with van der Waals surface area (Å²) in [6.45, 7) is 5.25. The minimum atomic E-state index is 0.428. The van der Waals surface area contributed by atoms with Crippen molar-refractivity contribution in [2.45, 2.75) is 31.9 Å². The maximum atomic E-state index is 5.87. The molecule has 0 amide bonds. The van der Waals surface area contributed by atoms with Gasteiger partial charge in [0, 0.05) is 38.4 Å². The zero-order chi connectivity index (χ0) is 19.2. The Morgan fingerprint density at radius 2 is 2.07 bits per heavy atom. The Kier molecular flexibility index (Phi) is 6.14. The summed E-state index contributed by atoms with van der Waals surface area (Å²) in [6.07, 6.45) is 7.90. The molecule has 1 aromatic carbocycles. The van der Waals surface area contributed by atoms with Gasteiger partial charge < -0.3 is 18.8 Å². The average Bonchev–Trinajstić information content (AvgIpc) is 3.37. The lowest BCUT2D eigenvalue weighted by molar-refractivity contribution is 0.0821. The summed E-state index contributed by atoms with van der Waals surface area (Å²) in [5.74, 6) is 2.48. The van der Waals surface area contributed by atoms with Gasteiger partial charge in [0.2, 0.25) is 0 Å². The summed E-state index contributed by atoms with van der Waals surface area (Å²) in [6, 6.07) is 10.3. The number of rotatable bonds is 8. The van der Waals surface area contributed by atoms with Gasteiger partial charge in [0.15, 0.2) is 5.82 Å². The first-order valence-electron chi connectivity index (χ1n) is 9.97. The second-order valence-electron chi connectivity index (χ2n) is 7.45. The number of benzene rings is 1. The predicted molar refractivity (Wildman–Crippen MR) is 107 cm³/mol. The summed E-state index contributed by atoms with van der Waals surface area (Å²) < 4.78 is 10.0. The molecule has 0 bridgehead atoms. The van der Waals surface area contributed by atoms with Crippen LogP contribution in [0, 0.1) is 0 Å². The van der Waals surface area contributed by atoms with Crippen LogP contribution in [0.3, 0.4) is 0 Å². The SMILES string of the molecule is Cn1c(Cn2ccnc2)nnc1[C@@H]1CCCN(CCOCc2ccccc2)C1. The van der Waals surface area contributed by atoms with Gasteiger partial charge in [-0.05, 0) is 24.9 Å². The molecule has 1 aliphatic heterocycles. The van der Waals surface area contributed by atoms with E-state index in [1.807, 2.05) is 23.2 Å². The highest BCUT2D eigenvalue weighted by Crippen LogP contribution is 2.25. The van der Waals surface area contributed by atoms with Gasteiger partial charge in [-0.2, -0.15) is 0 Å². The van der Waals surface area contributed by atoms with Crippen molar-refractivity contribution in [3.63, 3.8) is 0 Å². The van der Waals surface area contributed by atoms with E-state index in [9.17, 15) is 0 Å². The van der Waals surface area contributed by atoms with Gasteiger partial charge in [0.25, 0.3) is 0 Å². The van der Waals surface area contributed by atoms with Crippen LogP contribution in [0.4, 0.5) is 0 Å². The van der Waals surface area contributed by atoms with Crippen LogP contribution in [0.15, 0.2) is 49.1 Å². The normalized spacial score (nSPS) is 17.8. The molecular formula is C21H28N6O. The molecule has 4 rings (SSSR count). The molecule has 28 heavy (non-hydrogen) atoms. The fraction of sp³-hybridized carbons (Fsp3) is 0.476. The molecule has 7 heteroatoms. The van der Waals surface area contributed by atoms with E-state index in [0.717, 1.165) is 37.9 Å². The highest BCUT2D eigenvalue weighted by Gasteiger charge is 2.25. The van der Waals surface area contributed by atoms with Crippen LogP contribution in [-0.4, -0.2) is 55.5 Å². The van der Waals surface area contributed by atoms with Crippen LogP contribution in [0.25, 0.3) is 0 Å². The highest BCUT2D eigenvalue weighted by atomic mass is 16.5. The van der Waals surface area contributed by atoms with Crippen LogP contribution in [0.5, 0.6) is 0 Å². The summed E-state index contributed by atoms with van der Waals surface area (Å²) in [4.78, 5) is 6.59. The molecule has 0 N–H and O–H groups in total. The molecule has 3 heterocycles. The summed E-state index contributed by atoms with van der Waals surface area (Å²) in [7, 11) is 2.07. The fourth-order valence-corrected chi connectivity index (χ4v) is 3.84. The Bertz CT molecular complexity index is 845. The van der Waals surface area contributed by atoms with Crippen molar-refractivity contribution < 1.29 is 4.74 Å². The van der Waals surface area contributed by atoms with Crippen molar-refractivity contribution in [2.24, 2.45) is 7.05 Å². The number of hydrogen-bond donors (Lipinski definition) is 0. The number of imidazole rings is 1. The van der Waals surface area contributed by atoms with Gasteiger partial charge in [-0.15, -0.1) is 10.2 Å². The van der Waals surface area contributed by atoms with Gasteiger partial charge in [0.05, 0.1) is 26.1 Å². The Balaban J connectivity index is 1.28. The molecule has 1 atom stereocenters. The zero-order valence-electron chi connectivity index (χ0n) is 16.4. The Morgan fingerprint density at radius 3 is 2.89 bits per heavy atom. The minimum Gasteiger partial charge on any atom is -0.375 e. The van der Waals surface area contributed by atoms with Gasteiger partial charge in [-0.3, -0.25) is 0 Å². The van der Waals surface area contributed by atoms with Crippen LogP contribution in [0.1, 0.15) is 36.0 Å². The predicted octanol–water partition coefficient (Wildman–Crippen LogP) is 2.46. The van der Waals surface area contributed by atoms with E-state index in [1.165, 1.54) is 18.4 Å². The molecule has 0 unspecified atom stereocenters. The molecule has 0 radical (unpaired) electrons. The third-order valence-corrected chi connectivity index (χ3v) is 5.42. The molecule has 1 fully saturated rings. The second kappa shape index (κ2) is 9.12. The highest BCUT2D eigenvalue weighted by molar-refractivity contribution is 5.13. The Labute approximate surface area is 166 Å². The van der Waals surface area contributed by atoms with Crippen molar-refractivity contribution in [2.75, 3.05) is 26.2 Å².